The Hall–Kier alpha value is -3.09. The van der Waals surface area contributed by atoms with E-state index in [4.69, 9.17) is 4.74 Å². The molecular weight excluding hydrogens is 394 g/mol. The molecule has 0 bridgehead atoms. The van der Waals surface area contributed by atoms with Gasteiger partial charge in [0.2, 0.25) is 11.8 Å². The number of aryl methyl sites for hydroxylation is 3. The zero-order valence-electron chi connectivity index (χ0n) is 18.6. The van der Waals surface area contributed by atoms with Gasteiger partial charge in [0.25, 0.3) is 5.56 Å². The van der Waals surface area contributed by atoms with Crippen molar-refractivity contribution in [1.82, 2.24) is 9.47 Å². The summed E-state index contributed by atoms with van der Waals surface area (Å²) < 4.78 is 7.55. The van der Waals surface area contributed by atoms with E-state index < -0.39 is 0 Å². The minimum atomic E-state index is -0.334. The van der Waals surface area contributed by atoms with Crippen molar-refractivity contribution in [3.8, 4) is 5.75 Å². The Bertz CT molecular complexity index is 1090. The molecule has 2 amide bonds. The summed E-state index contributed by atoms with van der Waals surface area (Å²) in [4.78, 5) is 41.2. The highest BCUT2D eigenvalue weighted by molar-refractivity contribution is 6.00. The third-order valence-electron chi connectivity index (χ3n) is 6.51. The lowest BCUT2D eigenvalue weighted by atomic mass is 10.1. The van der Waals surface area contributed by atoms with Crippen LogP contribution in [0.25, 0.3) is 0 Å². The fourth-order valence-electron chi connectivity index (χ4n) is 4.30. The van der Waals surface area contributed by atoms with Gasteiger partial charge < -0.3 is 19.1 Å². The maximum Gasteiger partial charge on any atom is 0.254 e. The highest BCUT2D eigenvalue weighted by Crippen LogP contribution is 2.29. The summed E-state index contributed by atoms with van der Waals surface area (Å²) >= 11 is 0. The number of nitrogens with zero attached hydrogens (tertiary/aromatic N) is 3. The molecule has 7 nitrogen and oxygen atoms in total. The molecule has 2 atom stereocenters. The van der Waals surface area contributed by atoms with Crippen LogP contribution in [0.15, 0.2) is 35.1 Å². The normalized spacial score (nSPS) is 21.1. The lowest BCUT2D eigenvalue weighted by molar-refractivity contribution is -0.135. The SMILES string of the molecule is Cc1ccc(N2CC(C(=O)N3CCC(Oc4cc(C)n(C)c(=O)c4)C3)CC2=O)cc1C. The average molecular weight is 424 g/mol. The molecule has 31 heavy (non-hydrogen) atoms. The standard InChI is InChI=1S/C24H29N3O4/c1-15-5-6-19(9-16(15)2)27-13-18(11-23(27)29)24(30)26-8-7-20(14-26)31-21-10-17(3)25(4)22(28)12-21/h5-6,9-10,12,18,20H,7-8,11,13-14H2,1-4H3. The van der Waals surface area contributed by atoms with E-state index in [1.54, 1.807) is 21.4 Å². The van der Waals surface area contributed by atoms with Gasteiger partial charge in [0, 0.05) is 50.4 Å². The molecule has 0 radical (unpaired) electrons. The average Bonchev–Trinajstić information content (AvgIpc) is 3.34. The number of pyridine rings is 1. The molecule has 7 heteroatoms. The highest BCUT2D eigenvalue weighted by atomic mass is 16.5. The number of anilines is 1. The number of carbonyl (C=O) groups excluding carboxylic acids is 2. The molecule has 2 aliphatic rings. The maximum absolute atomic E-state index is 13.1. The molecule has 2 aliphatic heterocycles. The summed E-state index contributed by atoms with van der Waals surface area (Å²) in [6.07, 6.45) is 0.798. The molecule has 0 saturated carbocycles. The van der Waals surface area contributed by atoms with Crippen molar-refractivity contribution in [3.63, 3.8) is 0 Å². The summed E-state index contributed by atoms with van der Waals surface area (Å²) in [5.74, 6) is 0.200. The fraction of sp³-hybridized carbons (Fsp3) is 0.458. The van der Waals surface area contributed by atoms with E-state index in [0.29, 0.717) is 31.8 Å². The molecule has 3 heterocycles. The topological polar surface area (TPSA) is 71.8 Å². The lowest BCUT2D eigenvalue weighted by Gasteiger charge is -2.22. The number of hydrogen-bond acceptors (Lipinski definition) is 4. The molecule has 4 rings (SSSR count). The highest BCUT2D eigenvalue weighted by Gasteiger charge is 2.39. The first-order chi connectivity index (χ1) is 14.7. The van der Waals surface area contributed by atoms with Crippen LogP contribution in [0.3, 0.4) is 0 Å². The van der Waals surface area contributed by atoms with Crippen molar-refractivity contribution >= 4 is 17.5 Å². The first-order valence-corrected chi connectivity index (χ1v) is 10.7. The maximum atomic E-state index is 13.1. The molecule has 2 fully saturated rings. The van der Waals surface area contributed by atoms with E-state index in [-0.39, 0.29) is 35.8 Å². The number of ether oxygens (including phenoxy) is 1. The van der Waals surface area contributed by atoms with Crippen molar-refractivity contribution in [3.05, 3.63) is 57.5 Å². The number of carbonyl (C=O) groups is 2. The van der Waals surface area contributed by atoms with Gasteiger partial charge in [-0.15, -0.1) is 0 Å². The van der Waals surface area contributed by atoms with Gasteiger partial charge in [0.05, 0.1) is 12.5 Å². The van der Waals surface area contributed by atoms with Crippen LogP contribution in [0.1, 0.15) is 29.7 Å². The van der Waals surface area contributed by atoms with Crippen LogP contribution in [-0.2, 0) is 16.6 Å². The second-order valence-corrected chi connectivity index (χ2v) is 8.72. The molecule has 2 saturated heterocycles. The van der Waals surface area contributed by atoms with E-state index in [1.807, 2.05) is 45.0 Å². The van der Waals surface area contributed by atoms with Gasteiger partial charge in [-0.3, -0.25) is 14.4 Å². The van der Waals surface area contributed by atoms with Gasteiger partial charge >= 0.3 is 0 Å². The third-order valence-corrected chi connectivity index (χ3v) is 6.51. The summed E-state index contributed by atoms with van der Waals surface area (Å²) in [5.41, 5.74) is 3.87. The van der Waals surface area contributed by atoms with Crippen LogP contribution in [0.4, 0.5) is 5.69 Å². The van der Waals surface area contributed by atoms with Gasteiger partial charge in [0.1, 0.15) is 11.9 Å². The zero-order valence-corrected chi connectivity index (χ0v) is 18.6. The molecule has 1 aromatic heterocycles. The quantitative estimate of drug-likeness (QED) is 0.757. The van der Waals surface area contributed by atoms with Crippen LogP contribution < -0.4 is 15.2 Å². The minimum absolute atomic E-state index is 0.00550. The van der Waals surface area contributed by atoms with Crippen LogP contribution in [0.2, 0.25) is 0 Å². The van der Waals surface area contributed by atoms with Crippen LogP contribution in [0.5, 0.6) is 5.75 Å². The Kier molecular flexibility index (Phi) is 5.60. The largest absolute Gasteiger partial charge is 0.488 e. The molecule has 0 N–H and O–H groups in total. The van der Waals surface area contributed by atoms with E-state index in [1.165, 1.54) is 11.6 Å². The van der Waals surface area contributed by atoms with Crippen LogP contribution in [0, 0.1) is 26.7 Å². The molecule has 164 valence electrons. The van der Waals surface area contributed by atoms with E-state index in [0.717, 1.165) is 16.9 Å². The predicted molar refractivity (Wildman–Crippen MR) is 118 cm³/mol. The Morgan fingerprint density at radius 1 is 1.03 bits per heavy atom. The van der Waals surface area contributed by atoms with Gasteiger partial charge in [-0.2, -0.15) is 0 Å². The van der Waals surface area contributed by atoms with E-state index in [9.17, 15) is 14.4 Å². The van der Waals surface area contributed by atoms with Crippen molar-refractivity contribution in [1.29, 1.82) is 0 Å². The van der Waals surface area contributed by atoms with Crippen molar-refractivity contribution in [2.75, 3.05) is 24.5 Å². The number of amides is 2. The van der Waals surface area contributed by atoms with Gasteiger partial charge in [0.15, 0.2) is 0 Å². The summed E-state index contributed by atoms with van der Waals surface area (Å²) in [7, 11) is 1.72. The molecule has 1 aromatic carbocycles. The van der Waals surface area contributed by atoms with Crippen molar-refractivity contribution in [2.24, 2.45) is 13.0 Å². The number of aromatic nitrogens is 1. The third kappa shape index (κ3) is 4.22. The number of hydrogen-bond donors (Lipinski definition) is 0. The lowest BCUT2D eigenvalue weighted by Crippen LogP contribution is -2.37. The fourth-order valence-corrected chi connectivity index (χ4v) is 4.30. The first-order valence-electron chi connectivity index (χ1n) is 10.7. The Morgan fingerprint density at radius 3 is 2.52 bits per heavy atom. The van der Waals surface area contributed by atoms with Crippen molar-refractivity contribution < 1.29 is 14.3 Å². The minimum Gasteiger partial charge on any atom is -0.488 e. The Morgan fingerprint density at radius 2 is 1.81 bits per heavy atom. The second kappa shape index (κ2) is 8.21. The second-order valence-electron chi connectivity index (χ2n) is 8.72. The first kappa shape index (κ1) is 21.2. The number of rotatable bonds is 4. The predicted octanol–water partition coefficient (Wildman–Crippen LogP) is 2.34. The number of benzene rings is 1. The smallest absolute Gasteiger partial charge is 0.254 e. The molecule has 0 spiro atoms. The summed E-state index contributed by atoms with van der Waals surface area (Å²) in [5, 5.41) is 0. The van der Waals surface area contributed by atoms with Crippen LogP contribution >= 0.6 is 0 Å². The summed E-state index contributed by atoms with van der Waals surface area (Å²) in [6, 6.07) is 9.27. The molecule has 0 aliphatic carbocycles. The van der Waals surface area contributed by atoms with Crippen LogP contribution in [-0.4, -0.2) is 47.0 Å². The molecular formula is C24H29N3O4. The van der Waals surface area contributed by atoms with Gasteiger partial charge in [-0.1, -0.05) is 6.07 Å². The Balaban J connectivity index is 1.39. The summed E-state index contributed by atoms with van der Waals surface area (Å²) in [6.45, 7) is 7.41. The van der Waals surface area contributed by atoms with Gasteiger partial charge in [-0.05, 0) is 50.1 Å². The molecule has 2 aromatic rings. The van der Waals surface area contributed by atoms with E-state index in [2.05, 4.69) is 0 Å². The van der Waals surface area contributed by atoms with Gasteiger partial charge in [-0.25, -0.2) is 0 Å². The Labute approximate surface area is 182 Å². The zero-order chi connectivity index (χ0) is 22.3. The number of likely N-dealkylation sites (tertiary alicyclic amines) is 1. The van der Waals surface area contributed by atoms with Crippen molar-refractivity contribution in [2.45, 2.75) is 39.7 Å². The van der Waals surface area contributed by atoms with E-state index >= 15 is 0 Å². The molecule has 2 unspecified atom stereocenters. The monoisotopic (exact) mass is 423 g/mol.